The lowest BCUT2D eigenvalue weighted by Gasteiger charge is -2.08. The summed E-state index contributed by atoms with van der Waals surface area (Å²) in [6.07, 6.45) is 0. The molecule has 0 spiro atoms. The Morgan fingerprint density at radius 1 is 1.37 bits per heavy atom. The molecule has 0 unspecified atom stereocenters. The molecule has 3 rings (SSSR count). The first-order chi connectivity index (χ1) is 12.8. The Bertz CT molecular complexity index is 1120. The van der Waals surface area contributed by atoms with Gasteiger partial charge in [-0.2, -0.15) is 0 Å². The quantitative estimate of drug-likeness (QED) is 0.469. The van der Waals surface area contributed by atoms with Crippen LogP contribution >= 0.6 is 34.7 Å². The van der Waals surface area contributed by atoms with Gasteiger partial charge in [0.05, 0.1) is 25.7 Å². The Morgan fingerprint density at radius 3 is 2.81 bits per heavy atom. The fourth-order valence-electron chi connectivity index (χ4n) is 2.43. The molecule has 0 aliphatic rings. The number of hydrogen-bond donors (Lipinski definition) is 4. The molecular formula is C17H14ClN3O4S2. The summed E-state index contributed by atoms with van der Waals surface area (Å²) in [4.78, 5) is 38.2. The second-order valence-corrected chi connectivity index (χ2v) is 8.35. The molecule has 27 heavy (non-hydrogen) atoms. The predicted molar refractivity (Wildman–Crippen MR) is 108 cm³/mol. The third-order valence-corrected chi connectivity index (χ3v) is 6.40. The maximum absolute atomic E-state index is 12.3. The molecule has 1 aromatic carbocycles. The molecule has 0 aliphatic carbocycles. The van der Waals surface area contributed by atoms with Crippen LogP contribution in [0.4, 0.5) is 5.69 Å². The van der Waals surface area contributed by atoms with E-state index in [1.165, 1.54) is 0 Å². The van der Waals surface area contributed by atoms with Crippen LogP contribution in [0.1, 0.15) is 15.9 Å². The van der Waals surface area contributed by atoms with Gasteiger partial charge in [0.1, 0.15) is 5.75 Å². The van der Waals surface area contributed by atoms with Crippen molar-refractivity contribution >= 4 is 62.4 Å². The smallest absolute Gasteiger partial charge is 0.252 e. The van der Waals surface area contributed by atoms with Crippen molar-refractivity contribution in [1.29, 1.82) is 0 Å². The Labute approximate surface area is 166 Å². The normalized spacial score (nSPS) is 10.9. The molecule has 0 radical (unpaired) electrons. The summed E-state index contributed by atoms with van der Waals surface area (Å²) in [6.45, 7) is 1.84. The van der Waals surface area contributed by atoms with E-state index in [4.69, 9.17) is 17.3 Å². The summed E-state index contributed by atoms with van der Waals surface area (Å²) in [7, 11) is 0. The molecule has 0 saturated heterocycles. The zero-order valence-corrected chi connectivity index (χ0v) is 16.3. The molecule has 0 aliphatic heterocycles. The van der Waals surface area contributed by atoms with Crippen LogP contribution in [0.2, 0.25) is 5.02 Å². The Hall–Kier alpha value is -2.49. The lowest BCUT2D eigenvalue weighted by molar-refractivity contribution is -0.113. The van der Waals surface area contributed by atoms with Crippen molar-refractivity contribution < 1.29 is 14.7 Å². The van der Waals surface area contributed by atoms with Crippen molar-refractivity contribution in [3.8, 4) is 5.75 Å². The van der Waals surface area contributed by atoms with Gasteiger partial charge >= 0.3 is 0 Å². The number of aryl methyl sites for hydroxylation is 1. The van der Waals surface area contributed by atoms with Crippen molar-refractivity contribution in [3.63, 3.8) is 0 Å². The van der Waals surface area contributed by atoms with Gasteiger partial charge in [0, 0.05) is 16.8 Å². The van der Waals surface area contributed by atoms with Crippen LogP contribution in [0.25, 0.3) is 10.2 Å². The zero-order chi connectivity index (χ0) is 19.7. The Morgan fingerprint density at radius 2 is 2.11 bits per heavy atom. The van der Waals surface area contributed by atoms with Crippen LogP contribution in [-0.4, -0.2) is 27.7 Å². The number of thioether (sulfide) groups is 1. The number of rotatable bonds is 5. The number of thiophene rings is 1. The number of anilines is 1. The summed E-state index contributed by atoms with van der Waals surface area (Å²) in [5.74, 6) is -1.29. The number of hydrogen-bond acceptors (Lipinski definition) is 6. The number of carbonyl (C=O) groups is 2. The van der Waals surface area contributed by atoms with E-state index in [9.17, 15) is 19.5 Å². The minimum atomic E-state index is -0.754. The highest BCUT2D eigenvalue weighted by Gasteiger charge is 2.21. The van der Waals surface area contributed by atoms with E-state index < -0.39 is 11.5 Å². The molecule has 7 nitrogen and oxygen atoms in total. The van der Waals surface area contributed by atoms with E-state index in [0.717, 1.165) is 34.7 Å². The van der Waals surface area contributed by atoms with Gasteiger partial charge < -0.3 is 21.1 Å². The topological polar surface area (TPSA) is 125 Å². The van der Waals surface area contributed by atoms with Crippen molar-refractivity contribution in [3.05, 3.63) is 50.8 Å². The van der Waals surface area contributed by atoms with Crippen LogP contribution < -0.4 is 16.6 Å². The lowest BCUT2D eigenvalue weighted by Crippen LogP contribution is -2.16. The number of H-pyrrole nitrogens is 1. The molecule has 140 valence electrons. The van der Waals surface area contributed by atoms with Crippen LogP contribution in [0.5, 0.6) is 5.75 Å². The van der Waals surface area contributed by atoms with E-state index in [-0.39, 0.29) is 28.5 Å². The largest absolute Gasteiger partial charge is 0.506 e. The standard InChI is InChI=1S/C17H14ClN3O4S2/c1-7-2-3-8(18)4-9(7)20-12(24)6-26-17-13(16(19)25)14-15(27-17)10(22)5-11(23)21-14/h2-5H,6H2,1H3,(H2,19,25)(H,20,24)(H2,21,22,23). The van der Waals surface area contributed by atoms with Gasteiger partial charge in [0.25, 0.3) is 11.5 Å². The summed E-state index contributed by atoms with van der Waals surface area (Å²) in [5, 5.41) is 13.2. The Balaban J connectivity index is 1.84. The molecule has 5 N–H and O–H groups in total. The maximum Gasteiger partial charge on any atom is 0.252 e. The first kappa shape index (κ1) is 19.3. The maximum atomic E-state index is 12.3. The van der Waals surface area contributed by atoms with E-state index in [1.807, 2.05) is 6.92 Å². The van der Waals surface area contributed by atoms with E-state index >= 15 is 0 Å². The third-order valence-electron chi connectivity index (χ3n) is 3.68. The number of amides is 2. The molecule has 2 aromatic heterocycles. The van der Waals surface area contributed by atoms with Crippen molar-refractivity contribution in [2.24, 2.45) is 5.73 Å². The molecular weight excluding hydrogens is 410 g/mol. The first-order valence-electron chi connectivity index (χ1n) is 7.63. The first-order valence-corrected chi connectivity index (χ1v) is 9.81. The van der Waals surface area contributed by atoms with E-state index in [1.54, 1.807) is 18.2 Å². The summed E-state index contributed by atoms with van der Waals surface area (Å²) in [6, 6.07) is 6.19. The summed E-state index contributed by atoms with van der Waals surface area (Å²) in [5.41, 5.74) is 6.59. The van der Waals surface area contributed by atoms with Crippen LogP contribution in [0.15, 0.2) is 33.3 Å². The van der Waals surface area contributed by atoms with Gasteiger partial charge in [-0.15, -0.1) is 23.1 Å². The van der Waals surface area contributed by atoms with Crippen molar-refractivity contribution in [2.75, 3.05) is 11.1 Å². The van der Waals surface area contributed by atoms with Gasteiger partial charge in [-0.05, 0) is 24.6 Å². The highest BCUT2D eigenvalue weighted by Crippen LogP contribution is 2.40. The number of carbonyl (C=O) groups excluding carboxylic acids is 2. The highest BCUT2D eigenvalue weighted by molar-refractivity contribution is 8.02. The minimum Gasteiger partial charge on any atom is -0.506 e. The third kappa shape index (κ3) is 4.10. The lowest BCUT2D eigenvalue weighted by atomic mass is 10.2. The zero-order valence-electron chi connectivity index (χ0n) is 14.0. The number of halogens is 1. The van der Waals surface area contributed by atoms with Gasteiger partial charge in [-0.1, -0.05) is 17.7 Å². The number of aromatic amines is 1. The van der Waals surface area contributed by atoms with Gasteiger partial charge in [-0.3, -0.25) is 14.4 Å². The number of fused-ring (bicyclic) bond motifs is 1. The molecule has 10 heteroatoms. The minimum absolute atomic E-state index is 0.00402. The summed E-state index contributed by atoms with van der Waals surface area (Å²) >= 11 is 8.12. The number of aromatic nitrogens is 1. The van der Waals surface area contributed by atoms with Crippen LogP contribution in [0.3, 0.4) is 0 Å². The van der Waals surface area contributed by atoms with Gasteiger partial charge in [0.2, 0.25) is 5.91 Å². The van der Waals surface area contributed by atoms with E-state index in [2.05, 4.69) is 10.3 Å². The van der Waals surface area contributed by atoms with Gasteiger partial charge in [-0.25, -0.2) is 0 Å². The number of primary amides is 1. The van der Waals surface area contributed by atoms with Crippen LogP contribution in [0, 0.1) is 6.92 Å². The van der Waals surface area contributed by atoms with E-state index in [0.29, 0.717) is 19.6 Å². The van der Waals surface area contributed by atoms with Crippen molar-refractivity contribution in [2.45, 2.75) is 11.1 Å². The number of aromatic hydroxyl groups is 1. The fraction of sp³-hybridized carbons (Fsp3) is 0.118. The highest BCUT2D eigenvalue weighted by atomic mass is 35.5. The average molecular weight is 424 g/mol. The molecule has 2 amide bonds. The second-order valence-electron chi connectivity index (χ2n) is 5.65. The van der Waals surface area contributed by atoms with Crippen molar-refractivity contribution in [1.82, 2.24) is 4.98 Å². The molecule has 3 aromatic rings. The molecule has 0 atom stereocenters. The monoisotopic (exact) mass is 423 g/mol. The number of nitrogens with one attached hydrogen (secondary N) is 2. The number of pyridine rings is 1. The average Bonchev–Trinajstić information content (AvgIpc) is 2.95. The molecule has 2 heterocycles. The summed E-state index contributed by atoms with van der Waals surface area (Å²) < 4.78 is 0.768. The second kappa shape index (κ2) is 7.63. The number of nitrogens with two attached hydrogens (primary N) is 1. The van der Waals surface area contributed by atoms with Gasteiger partial charge in [0.15, 0.2) is 0 Å². The van der Waals surface area contributed by atoms with Crippen LogP contribution in [-0.2, 0) is 4.79 Å². The predicted octanol–water partition coefficient (Wildman–Crippen LogP) is 3.09. The number of benzene rings is 1. The molecule has 0 bridgehead atoms. The fourth-order valence-corrected chi connectivity index (χ4v) is 4.86. The Kier molecular flexibility index (Phi) is 5.45. The molecule has 0 saturated carbocycles. The SMILES string of the molecule is Cc1ccc(Cl)cc1NC(=O)CSc1sc2c(O)cc(=O)[nH]c2c1C(N)=O. The molecule has 0 fully saturated rings.